The van der Waals surface area contributed by atoms with Crippen LogP contribution in [0.1, 0.15) is 41.5 Å². The van der Waals surface area contributed by atoms with Crippen molar-refractivity contribution < 1.29 is 21.7 Å². The summed E-state index contributed by atoms with van der Waals surface area (Å²) >= 11 is 0. The number of hydrogen-bond acceptors (Lipinski definition) is 0. The molecule has 0 saturated heterocycles. The van der Waals surface area contributed by atoms with Gasteiger partial charge in [-0.3, -0.25) is 0 Å². The Morgan fingerprint density at radius 1 is 0.545 bits per heavy atom. The fraction of sp³-hybridized carbons (Fsp3) is 1.00. The van der Waals surface area contributed by atoms with Crippen LogP contribution in [0.2, 0.25) is 0 Å². The Balaban J connectivity index is 0. The SMILES string of the molecule is CC(C)C(C(C)C)C(C)C.[Ti]. The van der Waals surface area contributed by atoms with Gasteiger partial charge in [0.1, 0.15) is 0 Å². The molecule has 1 heteroatoms. The summed E-state index contributed by atoms with van der Waals surface area (Å²) < 4.78 is 0. The van der Waals surface area contributed by atoms with E-state index in [0.717, 1.165) is 23.7 Å². The van der Waals surface area contributed by atoms with Gasteiger partial charge < -0.3 is 0 Å². The van der Waals surface area contributed by atoms with Crippen LogP contribution in [-0.4, -0.2) is 0 Å². The summed E-state index contributed by atoms with van der Waals surface area (Å²) in [6.07, 6.45) is 0. The van der Waals surface area contributed by atoms with E-state index in [-0.39, 0.29) is 21.7 Å². The zero-order valence-electron chi connectivity index (χ0n) is 8.81. The van der Waals surface area contributed by atoms with E-state index in [9.17, 15) is 0 Å². The van der Waals surface area contributed by atoms with Crippen LogP contribution in [0.4, 0.5) is 0 Å². The number of hydrogen-bond donors (Lipinski definition) is 0. The van der Waals surface area contributed by atoms with Crippen LogP contribution < -0.4 is 0 Å². The normalized spacial score (nSPS) is 11.5. The second-order valence-corrected chi connectivity index (χ2v) is 4.31. The van der Waals surface area contributed by atoms with Crippen LogP contribution in [0.3, 0.4) is 0 Å². The van der Waals surface area contributed by atoms with Crippen molar-refractivity contribution in [1.29, 1.82) is 0 Å². The third-order valence-corrected chi connectivity index (χ3v) is 2.31. The van der Waals surface area contributed by atoms with Crippen molar-refractivity contribution in [3.63, 3.8) is 0 Å². The van der Waals surface area contributed by atoms with Gasteiger partial charge in [-0.25, -0.2) is 0 Å². The Bertz CT molecular complexity index is 65.9. The Hall–Kier alpha value is 0.714. The topological polar surface area (TPSA) is 0 Å². The zero-order chi connectivity index (χ0) is 8.31. The van der Waals surface area contributed by atoms with Crippen molar-refractivity contribution in [3.05, 3.63) is 0 Å². The molecule has 0 radical (unpaired) electrons. The van der Waals surface area contributed by atoms with E-state index in [1.54, 1.807) is 0 Å². The minimum absolute atomic E-state index is 0. The summed E-state index contributed by atoms with van der Waals surface area (Å²) in [7, 11) is 0. The van der Waals surface area contributed by atoms with E-state index in [1.165, 1.54) is 0 Å². The van der Waals surface area contributed by atoms with Gasteiger partial charge in [-0.2, -0.15) is 0 Å². The summed E-state index contributed by atoms with van der Waals surface area (Å²) in [5, 5.41) is 0. The fourth-order valence-electron chi connectivity index (χ4n) is 2.31. The van der Waals surface area contributed by atoms with Gasteiger partial charge in [-0.05, 0) is 23.7 Å². The van der Waals surface area contributed by atoms with Crippen molar-refractivity contribution in [2.75, 3.05) is 0 Å². The smallest absolute Gasteiger partial charge is 0 e. The van der Waals surface area contributed by atoms with Crippen LogP contribution in [-0.2, 0) is 21.7 Å². The molecule has 0 aliphatic carbocycles. The molecule has 0 heterocycles. The molecule has 0 atom stereocenters. The van der Waals surface area contributed by atoms with Crippen molar-refractivity contribution in [1.82, 2.24) is 0 Å². The third-order valence-electron chi connectivity index (χ3n) is 2.31. The van der Waals surface area contributed by atoms with E-state index >= 15 is 0 Å². The molecule has 66 valence electrons. The van der Waals surface area contributed by atoms with Crippen LogP contribution in [0.5, 0.6) is 0 Å². The molecule has 0 saturated carbocycles. The van der Waals surface area contributed by atoms with Crippen LogP contribution >= 0.6 is 0 Å². The summed E-state index contributed by atoms with van der Waals surface area (Å²) in [6.45, 7) is 13.9. The molecule has 11 heavy (non-hydrogen) atoms. The van der Waals surface area contributed by atoms with Crippen molar-refractivity contribution in [3.8, 4) is 0 Å². The fourth-order valence-corrected chi connectivity index (χ4v) is 2.31. The molecule has 0 spiro atoms. The van der Waals surface area contributed by atoms with Gasteiger partial charge in [0.05, 0.1) is 0 Å². The average molecular weight is 190 g/mol. The molecule has 0 nitrogen and oxygen atoms in total. The van der Waals surface area contributed by atoms with E-state index in [0.29, 0.717) is 0 Å². The molecule has 0 aromatic rings. The largest absolute Gasteiger partial charge is 0.0625 e. The van der Waals surface area contributed by atoms with Gasteiger partial charge in [-0.15, -0.1) is 0 Å². The monoisotopic (exact) mass is 190 g/mol. The second-order valence-electron chi connectivity index (χ2n) is 4.31. The van der Waals surface area contributed by atoms with Crippen LogP contribution in [0, 0.1) is 23.7 Å². The van der Waals surface area contributed by atoms with Crippen molar-refractivity contribution in [2.24, 2.45) is 23.7 Å². The Labute approximate surface area is 87.0 Å². The molecule has 0 fully saturated rings. The first-order valence-electron chi connectivity index (χ1n) is 4.46. The quantitative estimate of drug-likeness (QED) is 0.597. The van der Waals surface area contributed by atoms with E-state index in [2.05, 4.69) is 41.5 Å². The molecule has 0 aromatic heterocycles. The van der Waals surface area contributed by atoms with Gasteiger partial charge in [0.2, 0.25) is 0 Å². The Morgan fingerprint density at radius 2 is 0.727 bits per heavy atom. The molecule has 0 bridgehead atoms. The predicted molar refractivity (Wildman–Crippen MR) is 48.0 cm³/mol. The molecule has 0 rings (SSSR count). The first-order chi connectivity index (χ1) is 4.46. The van der Waals surface area contributed by atoms with Crippen LogP contribution in [0.25, 0.3) is 0 Å². The zero-order valence-corrected chi connectivity index (χ0v) is 10.4. The Morgan fingerprint density at radius 3 is 0.727 bits per heavy atom. The molecule has 0 aliphatic rings. The third kappa shape index (κ3) is 5.03. The molecule has 0 aromatic carbocycles. The maximum absolute atomic E-state index is 2.32. The maximum atomic E-state index is 2.32. The van der Waals surface area contributed by atoms with Crippen molar-refractivity contribution >= 4 is 0 Å². The second kappa shape index (κ2) is 6.25. The van der Waals surface area contributed by atoms with E-state index < -0.39 is 0 Å². The van der Waals surface area contributed by atoms with E-state index in [4.69, 9.17) is 0 Å². The standard InChI is InChI=1S/C10H22.Ti/c1-7(2)10(8(3)4)9(5)6;/h7-10H,1-6H3;. The molecular weight excluding hydrogens is 168 g/mol. The molecule has 0 aliphatic heterocycles. The molecular formula is C10H22Ti. The summed E-state index contributed by atoms with van der Waals surface area (Å²) in [5.41, 5.74) is 0. The summed E-state index contributed by atoms with van der Waals surface area (Å²) in [5.74, 6) is 3.39. The summed E-state index contributed by atoms with van der Waals surface area (Å²) in [4.78, 5) is 0. The van der Waals surface area contributed by atoms with E-state index in [1.807, 2.05) is 0 Å². The van der Waals surface area contributed by atoms with Gasteiger partial charge in [0, 0.05) is 21.7 Å². The predicted octanol–water partition coefficient (Wildman–Crippen LogP) is 3.57. The number of rotatable bonds is 3. The first kappa shape index (κ1) is 14.3. The average Bonchev–Trinajstić information content (AvgIpc) is 1.59. The maximum Gasteiger partial charge on any atom is 0 e. The molecule has 0 amide bonds. The van der Waals surface area contributed by atoms with Gasteiger partial charge in [-0.1, -0.05) is 41.5 Å². The van der Waals surface area contributed by atoms with Crippen molar-refractivity contribution in [2.45, 2.75) is 41.5 Å². The molecule has 0 N–H and O–H groups in total. The minimum Gasteiger partial charge on any atom is -0.0625 e. The minimum atomic E-state index is 0. The van der Waals surface area contributed by atoms with Gasteiger partial charge in [0.25, 0.3) is 0 Å². The first-order valence-corrected chi connectivity index (χ1v) is 4.46. The van der Waals surface area contributed by atoms with Gasteiger partial charge >= 0.3 is 0 Å². The summed E-state index contributed by atoms with van der Waals surface area (Å²) in [6, 6.07) is 0. The van der Waals surface area contributed by atoms with Gasteiger partial charge in [0.15, 0.2) is 0 Å². The van der Waals surface area contributed by atoms with Crippen LogP contribution in [0.15, 0.2) is 0 Å². The Kier molecular flexibility index (Phi) is 8.10. The molecule has 0 unspecified atom stereocenters.